The van der Waals surface area contributed by atoms with Crippen molar-refractivity contribution in [1.29, 1.82) is 0 Å². The van der Waals surface area contributed by atoms with E-state index >= 15 is 0 Å². The Hall–Kier alpha value is -2.28. The van der Waals surface area contributed by atoms with Gasteiger partial charge in [-0.1, -0.05) is 75.3 Å². The Balaban J connectivity index is 1.98. The van der Waals surface area contributed by atoms with Crippen molar-refractivity contribution in [1.82, 2.24) is 15.1 Å². The van der Waals surface area contributed by atoms with E-state index in [1.54, 1.807) is 4.90 Å². The molecule has 1 aliphatic heterocycles. The van der Waals surface area contributed by atoms with Gasteiger partial charge in [0.1, 0.15) is 11.0 Å². The van der Waals surface area contributed by atoms with Crippen molar-refractivity contribution in [2.45, 2.75) is 58.9 Å². The largest absolute Gasteiger partial charge is 0.334 e. The molecule has 1 aliphatic rings. The number of imide groups is 1. The molecule has 0 radical (unpaired) electrons. The van der Waals surface area contributed by atoms with E-state index in [0.717, 1.165) is 29.0 Å². The molecule has 27 heavy (non-hydrogen) atoms. The Morgan fingerprint density at radius 1 is 1.11 bits per heavy atom. The van der Waals surface area contributed by atoms with Gasteiger partial charge >= 0.3 is 6.03 Å². The van der Waals surface area contributed by atoms with E-state index in [1.165, 1.54) is 16.2 Å². The minimum Gasteiger partial charge on any atom is -0.308 e. The lowest BCUT2D eigenvalue weighted by Crippen LogP contribution is -2.33. The van der Waals surface area contributed by atoms with Crippen LogP contribution in [0, 0.1) is 6.92 Å². The smallest absolute Gasteiger partial charge is 0.308 e. The van der Waals surface area contributed by atoms with Gasteiger partial charge in [-0.15, -0.1) is 10.2 Å². The van der Waals surface area contributed by atoms with Crippen LogP contribution in [-0.4, -0.2) is 33.6 Å². The van der Waals surface area contributed by atoms with Gasteiger partial charge in [0.05, 0.1) is 0 Å². The van der Waals surface area contributed by atoms with Crippen LogP contribution in [0.5, 0.6) is 0 Å². The van der Waals surface area contributed by atoms with Crippen molar-refractivity contribution >= 4 is 28.4 Å². The normalized spacial score (nSPS) is 17.9. The molecule has 1 atom stereocenters. The number of hydrogen-bond acceptors (Lipinski definition) is 5. The first-order valence-electron chi connectivity index (χ1n) is 9.29. The lowest BCUT2D eigenvalue weighted by Gasteiger charge is -2.21. The molecule has 0 aliphatic carbocycles. The number of aryl methyl sites for hydroxylation is 1. The lowest BCUT2D eigenvalue weighted by atomic mass is 9.98. The highest BCUT2D eigenvalue weighted by molar-refractivity contribution is 7.15. The molecule has 6 nitrogen and oxygen atoms in total. The summed E-state index contributed by atoms with van der Waals surface area (Å²) in [6.45, 7) is 10.7. The Morgan fingerprint density at radius 2 is 1.78 bits per heavy atom. The van der Waals surface area contributed by atoms with Crippen molar-refractivity contribution in [3.63, 3.8) is 0 Å². The molecule has 3 amide bonds. The van der Waals surface area contributed by atoms with Gasteiger partial charge in [0.2, 0.25) is 5.13 Å². The number of rotatable bonds is 5. The summed E-state index contributed by atoms with van der Waals surface area (Å²) in [6, 6.07) is 6.87. The van der Waals surface area contributed by atoms with Crippen molar-refractivity contribution < 1.29 is 9.59 Å². The van der Waals surface area contributed by atoms with Gasteiger partial charge in [0.15, 0.2) is 0 Å². The number of nitrogens with zero attached hydrogens (tertiary/aromatic N) is 4. The number of aromatic nitrogens is 2. The van der Waals surface area contributed by atoms with Crippen LogP contribution < -0.4 is 4.90 Å². The fourth-order valence-electron chi connectivity index (χ4n) is 3.00. The topological polar surface area (TPSA) is 66.4 Å². The second-order valence-corrected chi connectivity index (χ2v) is 8.91. The van der Waals surface area contributed by atoms with Gasteiger partial charge in [0, 0.05) is 12.0 Å². The van der Waals surface area contributed by atoms with Gasteiger partial charge in [-0.05, 0) is 18.9 Å². The zero-order chi connectivity index (χ0) is 19.8. The van der Waals surface area contributed by atoms with Crippen LogP contribution in [0.3, 0.4) is 0 Å². The first-order valence-corrected chi connectivity index (χ1v) is 10.1. The molecular weight excluding hydrogens is 360 g/mol. The Bertz CT molecular complexity index is 838. The molecule has 0 N–H and O–H groups in total. The quantitative estimate of drug-likeness (QED) is 0.712. The molecule has 2 heterocycles. The molecule has 1 saturated heterocycles. The number of amides is 3. The van der Waals surface area contributed by atoms with Gasteiger partial charge < -0.3 is 4.90 Å². The van der Waals surface area contributed by atoms with E-state index in [1.807, 2.05) is 52.0 Å². The van der Waals surface area contributed by atoms with E-state index in [9.17, 15) is 9.59 Å². The van der Waals surface area contributed by atoms with Crippen LogP contribution in [-0.2, 0) is 10.2 Å². The standard InChI is InChI=1S/C20H26N4O2S/c1-6-7-12-23-15(14-10-8-13(2)9-11-14)16(25)24(19(23)26)18-22-21-17(27-18)20(3,4)5/h8-11,15H,6-7,12H2,1-5H3. The first kappa shape index (κ1) is 19.5. The summed E-state index contributed by atoms with van der Waals surface area (Å²) < 4.78 is 0. The van der Waals surface area contributed by atoms with E-state index in [4.69, 9.17) is 0 Å². The summed E-state index contributed by atoms with van der Waals surface area (Å²) >= 11 is 1.31. The fourth-order valence-corrected chi connectivity index (χ4v) is 3.90. The number of carbonyl (C=O) groups is 2. The lowest BCUT2D eigenvalue weighted by molar-refractivity contribution is -0.119. The third-order valence-corrected chi connectivity index (χ3v) is 5.93. The highest BCUT2D eigenvalue weighted by atomic mass is 32.1. The van der Waals surface area contributed by atoms with Crippen LogP contribution in [0.1, 0.15) is 62.7 Å². The maximum absolute atomic E-state index is 13.2. The van der Waals surface area contributed by atoms with Crippen molar-refractivity contribution in [3.8, 4) is 0 Å². The van der Waals surface area contributed by atoms with Crippen molar-refractivity contribution in [3.05, 3.63) is 40.4 Å². The molecule has 2 aromatic rings. The molecule has 1 fully saturated rings. The highest BCUT2D eigenvalue weighted by Gasteiger charge is 2.47. The monoisotopic (exact) mass is 386 g/mol. The van der Waals surface area contributed by atoms with Crippen molar-refractivity contribution in [2.75, 3.05) is 11.4 Å². The summed E-state index contributed by atoms with van der Waals surface area (Å²) in [5.74, 6) is -0.253. The van der Waals surface area contributed by atoms with Crippen LogP contribution in [0.15, 0.2) is 24.3 Å². The zero-order valence-electron chi connectivity index (χ0n) is 16.5. The SMILES string of the molecule is CCCCN1C(=O)N(c2nnc(C(C)(C)C)s2)C(=O)C1c1ccc(C)cc1. The predicted molar refractivity (Wildman–Crippen MR) is 107 cm³/mol. The van der Waals surface area contributed by atoms with Gasteiger partial charge in [-0.3, -0.25) is 4.79 Å². The minimum absolute atomic E-state index is 0.181. The van der Waals surface area contributed by atoms with Crippen LogP contribution in [0.2, 0.25) is 0 Å². The van der Waals surface area contributed by atoms with Crippen LogP contribution in [0.25, 0.3) is 0 Å². The number of anilines is 1. The summed E-state index contributed by atoms with van der Waals surface area (Å²) in [5.41, 5.74) is 1.77. The molecule has 0 saturated carbocycles. The molecule has 1 aromatic carbocycles. The second-order valence-electron chi connectivity index (χ2n) is 7.96. The number of carbonyl (C=O) groups excluding carboxylic acids is 2. The maximum atomic E-state index is 13.2. The van der Waals surface area contributed by atoms with E-state index in [-0.39, 0.29) is 17.4 Å². The molecule has 1 aromatic heterocycles. The molecule has 144 valence electrons. The summed E-state index contributed by atoms with van der Waals surface area (Å²) in [6.07, 6.45) is 1.80. The maximum Gasteiger partial charge on any atom is 0.334 e. The Morgan fingerprint density at radius 3 is 2.33 bits per heavy atom. The number of unbranched alkanes of at least 4 members (excludes halogenated alkanes) is 1. The number of hydrogen-bond donors (Lipinski definition) is 0. The minimum atomic E-state index is -0.605. The second kappa shape index (κ2) is 7.38. The first-order chi connectivity index (χ1) is 12.7. The van der Waals surface area contributed by atoms with Crippen LogP contribution >= 0.6 is 11.3 Å². The Labute approximate surface area is 164 Å². The molecule has 0 spiro atoms. The van der Waals surface area contributed by atoms with Crippen molar-refractivity contribution in [2.24, 2.45) is 0 Å². The fraction of sp³-hybridized carbons (Fsp3) is 0.500. The molecule has 3 rings (SSSR count). The molecule has 1 unspecified atom stereocenters. The van der Waals surface area contributed by atoms with Gasteiger partial charge in [-0.25, -0.2) is 9.69 Å². The average Bonchev–Trinajstić information content (AvgIpc) is 3.17. The summed E-state index contributed by atoms with van der Waals surface area (Å²) in [5, 5.41) is 9.51. The zero-order valence-corrected chi connectivity index (χ0v) is 17.3. The third kappa shape index (κ3) is 3.74. The van der Waals surface area contributed by atoms with Gasteiger partial charge in [-0.2, -0.15) is 0 Å². The number of benzene rings is 1. The van der Waals surface area contributed by atoms with Crippen LogP contribution in [0.4, 0.5) is 9.93 Å². The number of urea groups is 1. The molecule has 7 heteroatoms. The molecular formula is C20H26N4O2S. The predicted octanol–water partition coefficient (Wildman–Crippen LogP) is 4.45. The summed E-state index contributed by atoms with van der Waals surface area (Å²) in [4.78, 5) is 29.2. The average molecular weight is 387 g/mol. The third-order valence-electron chi connectivity index (χ3n) is 4.60. The summed E-state index contributed by atoms with van der Waals surface area (Å²) in [7, 11) is 0. The Kier molecular flexibility index (Phi) is 5.33. The van der Waals surface area contributed by atoms with Gasteiger partial charge in [0.25, 0.3) is 5.91 Å². The van der Waals surface area contributed by atoms with E-state index in [2.05, 4.69) is 17.1 Å². The highest BCUT2D eigenvalue weighted by Crippen LogP contribution is 2.37. The molecule has 0 bridgehead atoms. The van der Waals surface area contributed by atoms with E-state index < -0.39 is 6.04 Å². The van der Waals surface area contributed by atoms with E-state index in [0.29, 0.717) is 11.7 Å².